The first-order valence-electron chi connectivity index (χ1n) is 11.5. The molecule has 5 heteroatoms. The number of benzene rings is 2. The number of nitrogens with zero attached hydrogens (tertiary/aromatic N) is 4. The molecule has 5 nitrogen and oxygen atoms in total. The zero-order chi connectivity index (χ0) is 20.9. The van der Waals surface area contributed by atoms with E-state index in [-0.39, 0.29) is 0 Å². The topological polar surface area (TPSA) is 26.1 Å². The van der Waals surface area contributed by atoms with Crippen molar-refractivity contribution in [2.45, 2.75) is 38.0 Å². The van der Waals surface area contributed by atoms with Crippen LogP contribution in [0.1, 0.15) is 43.6 Å². The molecule has 3 heterocycles. The Bertz CT molecular complexity index is 1190. The summed E-state index contributed by atoms with van der Waals surface area (Å²) < 4.78 is 6.56. The summed E-state index contributed by atoms with van der Waals surface area (Å²) in [6.45, 7) is 1.70. The van der Waals surface area contributed by atoms with E-state index in [4.69, 9.17) is 4.42 Å². The fraction of sp³-hybridized carbons (Fsp3) is 0.385. The minimum atomic E-state index is 0.682. The van der Waals surface area contributed by atoms with Crippen molar-refractivity contribution in [3.05, 3.63) is 60.7 Å². The maximum Gasteiger partial charge on any atom is 0.159 e. The first-order valence-corrected chi connectivity index (χ1v) is 11.5. The van der Waals surface area contributed by atoms with E-state index in [0.29, 0.717) is 5.92 Å². The van der Waals surface area contributed by atoms with Gasteiger partial charge in [0.25, 0.3) is 0 Å². The molecule has 2 aliphatic heterocycles. The van der Waals surface area contributed by atoms with E-state index >= 15 is 0 Å². The van der Waals surface area contributed by atoms with E-state index in [2.05, 4.69) is 88.8 Å². The van der Waals surface area contributed by atoms with E-state index in [1.807, 2.05) is 0 Å². The van der Waals surface area contributed by atoms with E-state index in [1.165, 1.54) is 54.1 Å². The van der Waals surface area contributed by atoms with Crippen molar-refractivity contribution < 1.29 is 4.42 Å². The van der Waals surface area contributed by atoms with Gasteiger partial charge in [0.05, 0.1) is 19.0 Å². The largest absolute Gasteiger partial charge is 0.454 e. The predicted molar refractivity (Wildman–Crippen MR) is 128 cm³/mol. The van der Waals surface area contributed by atoms with Crippen molar-refractivity contribution >= 4 is 33.3 Å². The van der Waals surface area contributed by atoms with E-state index < -0.39 is 0 Å². The van der Waals surface area contributed by atoms with Gasteiger partial charge in [-0.2, -0.15) is 0 Å². The Morgan fingerprint density at radius 1 is 0.774 bits per heavy atom. The monoisotopic (exact) mass is 414 g/mol. The van der Waals surface area contributed by atoms with Crippen molar-refractivity contribution in [1.82, 2.24) is 9.80 Å². The number of hydrogen-bond acceptors (Lipinski definition) is 5. The van der Waals surface area contributed by atoms with Crippen LogP contribution in [0.4, 0.5) is 11.4 Å². The molecule has 3 aromatic rings. The van der Waals surface area contributed by atoms with Crippen molar-refractivity contribution in [2.24, 2.45) is 0 Å². The Labute approximate surface area is 183 Å². The Hall–Kier alpha value is -3.08. The van der Waals surface area contributed by atoms with Gasteiger partial charge in [0.15, 0.2) is 5.58 Å². The molecular formula is C26H30N4O. The number of anilines is 2. The van der Waals surface area contributed by atoms with Gasteiger partial charge in [0.1, 0.15) is 5.58 Å². The molecule has 0 N–H and O–H groups in total. The van der Waals surface area contributed by atoms with Crippen molar-refractivity contribution in [1.29, 1.82) is 0 Å². The van der Waals surface area contributed by atoms with Crippen LogP contribution in [0.25, 0.3) is 21.9 Å². The van der Waals surface area contributed by atoms with Gasteiger partial charge in [0.2, 0.25) is 0 Å². The standard InChI is InChI=1S/C26H30N4O/c1-27-10-12-29(17-27)21-15-23-22-9-8-20(19-6-4-3-5-7-19)14-25(22)31-26(23)24(16-21)30-13-11-28(2)18-30/h8-16,19H,3-7,17-18H2,1-2H3. The van der Waals surface area contributed by atoms with E-state index in [9.17, 15) is 0 Å². The molecule has 0 bridgehead atoms. The lowest BCUT2D eigenvalue weighted by Gasteiger charge is -2.23. The van der Waals surface area contributed by atoms with Crippen LogP contribution in [-0.4, -0.2) is 37.2 Å². The van der Waals surface area contributed by atoms with E-state index in [1.54, 1.807) is 0 Å². The fourth-order valence-corrected chi connectivity index (χ4v) is 5.31. The Kier molecular flexibility index (Phi) is 4.37. The molecule has 0 spiro atoms. The molecule has 0 amide bonds. The summed E-state index contributed by atoms with van der Waals surface area (Å²) in [7, 11) is 4.21. The highest BCUT2D eigenvalue weighted by Crippen LogP contribution is 2.42. The predicted octanol–water partition coefficient (Wildman–Crippen LogP) is 5.99. The highest BCUT2D eigenvalue weighted by molar-refractivity contribution is 6.10. The number of hydrogen-bond donors (Lipinski definition) is 0. The second-order valence-electron chi connectivity index (χ2n) is 9.37. The molecule has 160 valence electrons. The minimum absolute atomic E-state index is 0.682. The maximum atomic E-state index is 6.56. The average Bonchev–Trinajstić information content (AvgIpc) is 3.51. The van der Waals surface area contributed by atoms with Gasteiger partial charge in [-0.25, -0.2) is 0 Å². The van der Waals surface area contributed by atoms with Crippen molar-refractivity contribution in [3.8, 4) is 0 Å². The summed E-state index contributed by atoms with van der Waals surface area (Å²) in [5, 5.41) is 2.41. The molecule has 1 saturated carbocycles. The van der Waals surface area contributed by atoms with Crippen molar-refractivity contribution in [3.63, 3.8) is 0 Å². The minimum Gasteiger partial charge on any atom is -0.454 e. The zero-order valence-corrected chi connectivity index (χ0v) is 18.4. The van der Waals surface area contributed by atoms with Gasteiger partial charge in [-0.15, -0.1) is 0 Å². The molecule has 0 unspecified atom stereocenters. The highest BCUT2D eigenvalue weighted by atomic mass is 16.3. The zero-order valence-electron chi connectivity index (χ0n) is 18.4. The summed E-state index contributed by atoms with van der Waals surface area (Å²) in [6.07, 6.45) is 15.2. The van der Waals surface area contributed by atoms with Crippen LogP contribution in [0.2, 0.25) is 0 Å². The quantitative estimate of drug-likeness (QED) is 0.524. The van der Waals surface area contributed by atoms with Crippen LogP contribution < -0.4 is 9.80 Å². The Morgan fingerprint density at radius 2 is 1.52 bits per heavy atom. The molecule has 0 saturated heterocycles. The molecule has 1 fully saturated rings. The first-order chi connectivity index (χ1) is 15.2. The number of furan rings is 1. The highest BCUT2D eigenvalue weighted by Gasteiger charge is 2.23. The molecule has 1 aliphatic carbocycles. The second-order valence-corrected chi connectivity index (χ2v) is 9.37. The molecule has 0 atom stereocenters. The molecule has 6 rings (SSSR count). The Balaban J connectivity index is 1.50. The third-order valence-corrected chi connectivity index (χ3v) is 7.03. The van der Waals surface area contributed by atoms with Crippen LogP contribution in [0.5, 0.6) is 0 Å². The second kappa shape index (κ2) is 7.26. The van der Waals surface area contributed by atoms with Gasteiger partial charge in [0, 0.05) is 55.4 Å². The summed E-state index contributed by atoms with van der Waals surface area (Å²) >= 11 is 0. The van der Waals surface area contributed by atoms with Crippen LogP contribution in [0, 0.1) is 0 Å². The normalized spacial score (nSPS) is 19.7. The molecule has 2 aromatic carbocycles. The molecule has 0 radical (unpaired) electrons. The average molecular weight is 415 g/mol. The van der Waals surface area contributed by atoms with Gasteiger partial charge >= 0.3 is 0 Å². The summed E-state index contributed by atoms with van der Waals surface area (Å²) in [6, 6.07) is 11.5. The third-order valence-electron chi connectivity index (χ3n) is 7.03. The van der Waals surface area contributed by atoms with Gasteiger partial charge in [-0.3, -0.25) is 0 Å². The number of fused-ring (bicyclic) bond motifs is 3. The number of rotatable bonds is 3. The Morgan fingerprint density at radius 3 is 2.23 bits per heavy atom. The molecular weight excluding hydrogens is 384 g/mol. The van der Waals surface area contributed by atoms with Crippen molar-refractivity contribution in [2.75, 3.05) is 37.2 Å². The lowest BCUT2D eigenvalue weighted by Crippen LogP contribution is -2.23. The smallest absolute Gasteiger partial charge is 0.159 e. The molecule has 31 heavy (non-hydrogen) atoms. The summed E-state index contributed by atoms with van der Waals surface area (Å²) in [5.74, 6) is 0.682. The molecule has 1 aromatic heterocycles. The van der Waals surface area contributed by atoms with Gasteiger partial charge in [-0.05, 0) is 42.5 Å². The fourth-order valence-electron chi connectivity index (χ4n) is 5.31. The third kappa shape index (κ3) is 3.23. The van der Waals surface area contributed by atoms with E-state index in [0.717, 1.165) is 30.2 Å². The molecule has 3 aliphatic rings. The lowest BCUT2D eigenvalue weighted by molar-refractivity contribution is 0.443. The lowest BCUT2D eigenvalue weighted by atomic mass is 9.84. The van der Waals surface area contributed by atoms with Crippen LogP contribution in [0.15, 0.2) is 59.5 Å². The van der Waals surface area contributed by atoms with Gasteiger partial charge < -0.3 is 24.0 Å². The SMILES string of the molecule is CN1C=CN(c2cc(N3C=CN(C)C3)c3oc4cc(C5CCCCC5)ccc4c3c2)C1. The van der Waals surface area contributed by atoms with Gasteiger partial charge in [-0.1, -0.05) is 31.4 Å². The first kappa shape index (κ1) is 18.7. The summed E-state index contributed by atoms with van der Waals surface area (Å²) in [5.41, 5.74) is 5.77. The van der Waals surface area contributed by atoms with Crippen LogP contribution in [0.3, 0.4) is 0 Å². The maximum absolute atomic E-state index is 6.56. The van der Waals surface area contributed by atoms with Crippen LogP contribution in [-0.2, 0) is 0 Å². The summed E-state index contributed by atoms with van der Waals surface area (Å²) in [4.78, 5) is 8.95. The van der Waals surface area contributed by atoms with Crippen LogP contribution >= 0.6 is 0 Å².